The summed E-state index contributed by atoms with van der Waals surface area (Å²) in [6.07, 6.45) is 1.02. The summed E-state index contributed by atoms with van der Waals surface area (Å²) >= 11 is 0. The predicted octanol–water partition coefficient (Wildman–Crippen LogP) is 2.78. The van der Waals surface area contributed by atoms with E-state index in [1.54, 1.807) is 6.07 Å². The number of nitrogens with one attached hydrogen (secondary N) is 1. The van der Waals surface area contributed by atoms with Gasteiger partial charge in [0.2, 0.25) is 5.91 Å². The van der Waals surface area contributed by atoms with Gasteiger partial charge in [-0.15, -0.1) is 0 Å². The smallest absolute Gasteiger partial charge is 0.251 e. The van der Waals surface area contributed by atoms with Crippen LogP contribution in [-0.2, 0) is 11.3 Å². The molecule has 0 radical (unpaired) electrons. The summed E-state index contributed by atoms with van der Waals surface area (Å²) in [7, 11) is 0. The number of amides is 1. The molecular formula is C17H13FN2O2. The van der Waals surface area contributed by atoms with Crippen LogP contribution in [0.1, 0.15) is 0 Å². The van der Waals surface area contributed by atoms with Crippen LogP contribution in [0.15, 0.2) is 65.6 Å². The van der Waals surface area contributed by atoms with Gasteiger partial charge in [0.05, 0.1) is 0 Å². The van der Waals surface area contributed by atoms with Gasteiger partial charge in [-0.2, -0.15) is 0 Å². The van der Waals surface area contributed by atoms with Gasteiger partial charge in [0.1, 0.15) is 12.4 Å². The lowest BCUT2D eigenvalue weighted by Crippen LogP contribution is -2.27. The third-order valence-electron chi connectivity index (χ3n) is 3.33. The van der Waals surface area contributed by atoms with Crippen LogP contribution < -0.4 is 10.9 Å². The molecule has 1 heterocycles. The summed E-state index contributed by atoms with van der Waals surface area (Å²) in [6.45, 7) is -0.236. The Balaban J connectivity index is 1.84. The molecule has 0 unspecified atom stereocenters. The molecule has 0 bridgehead atoms. The fourth-order valence-electron chi connectivity index (χ4n) is 2.30. The zero-order chi connectivity index (χ0) is 15.5. The van der Waals surface area contributed by atoms with E-state index in [4.69, 9.17) is 0 Å². The molecular weight excluding hydrogens is 283 g/mol. The summed E-state index contributed by atoms with van der Waals surface area (Å²) < 4.78 is 14.2. The van der Waals surface area contributed by atoms with Gasteiger partial charge >= 0.3 is 0 Å². The lowest BCUT2D eigenvalue weighted by atomic mass is 10.1. The minimum atomic E-state index is -0.558. The SMILES string of the molecule is O=C(Cn1cc(F)ccc1=O)Nc1cccc2ccccc12. The molecule has 1 amide bonds. The number of aromatic nitrogens is 1. The van der Waals surface area contributed by atoms with Crippen molar-refractivity contribution in [1.29, 1.82) is 0 Å². The average molecular weight is 296 g/mol. The summed E-state index contributed by atoms with van der Waals surface area (Å²) in [5.41, 5.74) is 0.238. The van der Waals surface area contributed by atoms with E-state index in [0.717, 1.165) is 33.7 Å². The molecule has 3 rings (SSSR count). The molecule has 4 nitrogen and oxygen atoms in total. The van der Waals surface area contributed by atoms with Gasteiger partial charge in [-0.25, -0.2) is 4.39 Å². The Kier molecular flexibility index (Phi) is 3.70. The Bertz CT molecular complexity index is 897. The first kappa shape index (κ1) is 14.0. The quantitative estimate of drug-likeness (QED) is 0.808. The van der Waals surface area contributed by atoms with Crippen molar-refractivity contribution >= 4 is 22.4 Å². The van der Waals surface area contributed by atoms with E-state index in [-0.39, 0.29) is 12.5 Å². The molecule has 0 saturated heterocycles. The van der Waals surface area contributed by atoms with E-state index < -0.39 is 11.4 Å². The molecule has 0 spiro atoms. The van der Waals surface area contributed by atoms with E-state index in [2.05, 4.69) is 5.32 Å². The number of halogens is 1. The molecule has 0 atom stereocenters. The fourth-order valence-corrected chi connectivity index (χ4v) is 2.30. The number of hydrogen-bond donors (Lipinski definition) is 1. The van der Waals surface area contributed by atoms with Crippen LogP contribution >= 0.6 is 0 Å². The number of hydrogen-bond acceptors (Lipinski definition) is 2. The van der Waals surface area contributed by atoms with Gasteiger partial charge in [0, 0.05) is 23.3 Å². The monoisotopic (exact) mass is 296 g/mol. The molecule has 1 N–H and O–H groups in total. The fraction of sp³-hybridized carbons (Fsp3) is 0.0588. The lowest BCUT2D eigenvalue weighted by molar-refractivity contribution is -0.116. The Morgan fingerprint density at radius 2 is 1.82 bits per heavy atom. The van der Waals surface area contributed by atoms with Crippen LogP contribution in [0.4, 0.5) is 10.1 Å². The number of fused-ring (bicyclic) bond motifs is 1. The second-order valence-electron chi connectivity index (χ2n) is 4.89. The zero-order valence-electron chi connectivity index (χ0n) is 11.6. The van der Waals surface area contributed by atoms with E-state index in [0.29, 0.717) is 5.69 Å². The van der Waals surface area contributed by atoms with Crippen LogP contribution in [0.2, 0.25) is 0 Å². The minimum Gasteiger partial charge on any atom is -0.324 e. The van der Waals surface area contributed by atoms with Crippen LogP contribution in [0.3, 0.4) is 0 Å². The highest BCUT2D eigenvalue weighted by Crippen LogP contribution is 2.22. The Morgan fingerprint density at radius 1 is 1.05 bits per heavy atom. The Labute approximate surface area is 125 Å². The molecule has 0 aliphatic carbocycles. The standard InChI is InChI=1S/C17H13FN2O2/c18-13-8-9-17(22)20(10-13)11-16(21)19-15-7-3-5-12-4-1-2-6-14(12)15/h1-10H,11H2,(H,19,21). The van der Waals surface area contributed by atoms with Gasteiger partial charge in [0.15, 0.2) is 0 Å². The first-order valence-corrected chi connectivity index (χ1v) is 6.77. The highest BCUT2D eigenvalue weighted by molar-refractivity contribution is 6.01. The van der Waals surface area contributed by atoms with Gasteiger partial charge in [0.25, 0.3) is 5.56 Å². The molecule has 110 valence electrons. The summed E-state index contributed by atoms with van der Waals surface area (Å²) in [4.78, 5) is 23.7. The molecule has 3 aromatic rings. The Morgan fingerprint density at radius 3 is 2.68 bits per heavy atom. The van der Waals surface area contributed by atoms with E-state index in [9.17, 15) is 14.0 Å². The second kappa shape index (κ2) is 5.81. The van der Waals surface area contributed by atoms with Crippen molar-refractivity contribution in [2.45, 2.75) is 6.54 Å². The molecule has 0 fully saturated rings. The van der Waals surface area contributed by atoms with Crippen molar-refractivity contribution in [2.75, 3.05) is 5.32 Å². The van der Waals surface area contributed by atoms with Crippen molar-refractivity contribution < 1.29 is 9.18 Å². The highest BCUT2D eigenvalue weighted by atomic mass is 19.1. The molecule has 0 aliphatic heterocycles. The summed E-state index contributed by atoms with van der Waals surface area (Å²) in [5, 5.41) is 4.67. The summed E-state index contributed by atoms with van der Waals surface area (Å²) in [6, 6.07) is 15.4. The number of rotatable bonds is 3. The van der Waals surface area contributed by atoms with Crippen molar-refractivity contribution in [2.24, 2.45) is 0 Å². The second-order valence-corrected chi connectivity index (χ2v) is 4.89. The maximum atomic E-state index is 13.1. The summed E-state index contributed by atoms with van der Waals surface area (Å²) in [5.74, 6) is -0.943. The van der Waals surface area contributed by atoms with Crippen molar-refractivity contribution in [3.8, 4) is 0 Å². The van der Waals surface area contributed by atoms with Crippen molar-refractivity contribution in [3.63, 3.8) is 0 Å². The van der Waals surface area contributed by atoms with E-state index in [1.807, 2.05) is 36.4 Å². The maximum absolute atomic E-state index is 13.1. The largest absolute Gasteiger partial charge is 0.324 e. The van der Waals surface area contributed by atoms with Crippen molar-refractivity contribution in [1.82, 2.24) is 4.57 Å². The molecule has 0 saturated carbocycles. The van der Waals surface area contributed by atoms with Crippen LogP contribution in [-0.4, -0.2) is 10.5 Å². The predicted molar refractivity (Wildman–Crippen MR) is 83.2 cm³/mol. The topological polar surface area (TPSA) is 51.1 Å². The van der Waals surface area contributed by atoms with E-state index in [1.165, 1.54) is 0 Å². The van der Waals surface area contributed by atoms with Gasteiger partial charge < -0.3 is 9.88 Å². The third-order valence-corrected chi connectivity index (χ3v) is 3.33. The van der Waals surface area contributed by atoms with E-state index >= 15 is 0 Å². The number of benzene rings is 2. The lowest BCUT2D eigenvalue weighted by Gasteiger charge is -2.10. The highest BCUT2D eigenvalue weighted by Gasteiger charge is 2.08. The average Bonchev–Trinajstić information content (AvgIpc) is 2.51. The molecule has 0 aliphatic rings. The zero-order valence-corrected chi connectivity index (χ0v) is 11.6. The Hall–Kier alpha value is -2.95. The molecule has 5 heteroatoms. The third kappa shape index (κ3) is 2.88. The molecule has 22 heavy (non-hydrogen) atoms. The van der Waals surface area contributed by atoms with Crippen LogP contribution in [0, 0.1) is 5.82 Å². The van der Waals surface area contributed by atoms with Gasteiger partial charge in [-0.05, 0) is 17.5 Å². The molecule has 1 aromatic heterocycles. The first-order chi connectivity index (χ1) is 10.6. The van der Waals surface area contributed by atoms with Gasteiger partial charge in [-0.3, -0.25) is 9.59 Å². The maximum Gasteiger partial charge on any atom is 0.251 e. The number of carbonyl (C=O) groups excluding carboxylic acids is 1. The van der Waals surface area contributed by atoms with Gasteiger partial charge in [-0.1, -0.05) is 36.4 Å². The van der Waals surface area contributed by atoms with Crippen LogP contribution in [0.5, 0.6) is 0 Å². The number of pyridine rings is 1. The minimum absolute atomic E-state index is 0.236. The van der Waals surface area contributed by atoms with Crippen LogP contribution in [0.25, 0.3) is 10.8 Å². The number of nitrogens with zero attached hydrogens (tertiary/aromatic N) is 1. The molecule has 2 aromatic carbocycles. The number of anilines is 1. The normalized spacial score (nSPS) is 10.6. The van der Waals surface area contributed by atoms with Crippen molar-refractivity contribution in [3.05, 3.63) is 77.0 Å². The first-order valence-electron chi connectivity index (χ1n) is 6.77. The number of carbonyl (C=O) groups is 1.